The van der Waals surface area contributed by atoms with Crippen LogP contribution in [0.3, 0.4) is 0 Å². The van der Waals surface area contributed by atoms with Gasteiger partial charge in [-0.2, -0.15) is 0 Å². The van der Waals surface area contributed by atoms with Gasteiger partial charge in [-0.25, -0.2) is 0 Å². The molecule has 1 aliphatic rings. The number of rotatable bonds is 7. The Balaban J connectivity index is 2.16. The van der Waals surface area contributed by atoms with E-state index in [2.05, 4.69) is 24.1 Å². The SMILES string of the molecule is CCNCCCC(C)N1CCCC(OC)C1. The summed E-state index contributed by atoms with van der Waals surface area (Å²) in [5.74, 6) is 0. The number of nitrogens with zero attached hydrogens (tertiary/aromatic N) is 1. The summed E-state index contributed by atoms with van der Waals surface area (Å²) in [6, 6.07) is 0.705. The van der Waals surface area contributed by atoms with Crippen molar-refractivity contribution in [1.29, 1.82) is 0 Å². The molecule has 0 aliphatic carbocycles. The second kappa shape index (κ2) is 8.04. The molecule has 3 heteroatoms. The number of hydrogen-bond acceptors (Lipinski definition) is 3. The Bertz CT molecular complexity index is 175. The Morgan fingerprint density at radius 2 is 2.31 bits per heavy atom. The number of likely N-dealkylation sites (tertiary alicyclic amines) is 1. The van der Waals surface area contributed by atoms with E-state index in [1.807, 2.05) is 7.11 Å². The van der Waals surface area contributed by atoms with Gasteiger partial charge in [0.05, 0.1) is 6.10 Å². The van der Waals surface area contributed by atoms with Gasteiger partial charge in [0.2, 0.25) is 0 Å². The van der Waals surface area contributed by atoms with E-state index < -0.39 is 0 Å². The highest BCUT2D eigenvalue weighted by atomic mass is 16.5. The Hall–Kier alpha value is -0.120. The number of piperidine rings is 1. The van der Waals surface area contributed by atoms with Gasteiger partial charge in [0.15, 0.2) is 0 Å². The maximum atomic E-state index is 5.46. The van der Waals surface area contributed by atoms with Crippen molar-refractivity contribution in [3.05, 3.63) is 0 Å². The summed E-state index contributed by atoms with van der Waals surface area (Å²) in [4.78, 5) is 2.59. The zero-order valence-corrected chi connectivity index (χ0v) is 11.2. The maximum absolute atomic E-state index is 5.46. The van der Waals surface area contributed by atoms with Crippen molar-refractivity contribution in [2.24, 2.45) is 0 Å². The second-order valence-electron chi connectivity index (χ2n) is 4.84. The molecule has 0 amide bonds. The summed E-state index contributed by atoms with van der Waals surface area (Å²) < 4.78 is 5.46. The first-order chi connectivity index (χ1) is 7.77. The molecular weight excluding hydrogens is 200 g/mol. The van der Waals surface area contributed by atoms with Gasteiger partial charge < -0.3 is 10.1 Å². The van der Waals surface area contributed by atoms with Crippen LogP contribution in [0.15, 0.2) is 0 Å². The zero-order valence-electron chi connectivity index (χ0n) is 11.2. The molecule has 1 rings (SSSR count). The van der Waals surface area contributed by atoms with Crippen molar-refractivity contribution >= 4 is 0 Å². The van der Waals surface area contributed by atoms with Gasteiger partial charge in [-0.05, 0) is 52.2 Å². The Labute approximate surface area is 101 Å². The van der Waals surface area contributed by atoms with Gasteiger partial charge in [-0.1, -0.05) is 6.92 Å². The number of hydrogen-bond donors (Lipinski definition) is 1. The smallest absolute Gasteiger partial charge is 0.0698 e. The van der Waals surface area contributed by atoms with Crippen molar-refractivity contribution in [2.45, 2.75) is 51.7 Å². The van der Waals surface area contributed by atoms with Gasteiger partial charge in [-0.15, -0.1) is 0 Å². The van der Waals surface area contributed by atoms with Crippen molar-refractivity contribution in [3.8, 4) is 0 Å². The fraction of sp³-hybridized carbons (Fsp3) is 1.00. The lowest BCUT2D eigenvalue weighted by Crippen LogP contribution is -2.44. The largest absolute Gasteiger partial charge is 0.380 e. The van der Waals surface area contributed by atoms with E-state index in [1.54, 1.807) is 0 Å². The summed E-state index contributed by atoms with van der Waals surface area (Å²) in [7, 11) is 1.84. The molecule has 0 spiro atoms. The summed E-state index contributed by atoms with van der Waals surface area (Å²) in [5, 5.41) is 3.38. The number of ether oxygens (including phenoxy) is 1. The molecule has 1 N–H and O–H groups in total. The van der Waals surface area contributed by atoms with Crippen LogP contribution in [0.4, 0.5) is 0 Å². The highest BCUT2D eigenvalue weighted by molar-refractivity contribution is 4.77. The van der Waals surface area contributed by atoms with Gasteiger partial charge in [0.1, 0.15) is 0 Å². The van der Waals surface area contributed by atoms with Crippen molar-refractivity contribution in [1.82, 2.24) is 10.2 Å². The molecule has 3 nitrogen and oxygen atoms in total. The lowest BCUT2D eigenvalue weighted by Gasteiger charge is -2.36. The highest BCUT2D eigenvalue weighted by Crippen LogP contribution is 2.17. The van der Waals surface area contributed by atoms with Gasteiger partial charge in [0.25, 0.3) is 0 Å². The Morgan fingerprint density at radius 3 is 3.00 bits per heavy atom. The van der Waals surface area contributed by atoms with E-state index in [0.29, 0.717) is 12.1 Å². The van der Waals surface area contributed by atoms with Crippen LogP contribution < -0.4 is 5.32 Å². The quantitative estimate of drug-likeness (QED) is 0.673. The lowest BCUT2D eigenvalue weighted by molar-refractivity contribution is 0.0158. The van der Waals surface area contributed by atoms with Gasteiger partial charge >= 0.3 is 0 Å². The van der Waals surface area contributed by atoms with Crippen LogP contribution in [-0.2, 0) is 4.74 Å². The predicted molar refractivity (Wildman–Crippen MR) is 68.8 cm³/mol. The molecule has 0 bridgehead atoms. The third-order valence-corrected chi connectivity index (χ3v) is 3.59. The maximum Gasteiger partial charge on any atom is 0.0698 e. The average Bonchev–Trinajstić information content (AvgIpc) is 2.34. The summed E-state index contributed by atoms with van der Waals surface area (Å²) in [5.41, 5.74) is 0. The zero-order chi connectivity index (χ0) is 11.8. The predicted octanol–water partition coefficient (Wildman–Crippen LogP) is 1.88. The molecule has 16 heavy (non-hydrogen) atoms. The van der Waals surface area contributed by atoms with Crippen LogP contribution >= 0.6 is 0 Å². The fourth-order valence-electron chi connectivity index (χ4n) is 2.44. The number of nitrogens with one attached hydrogen (secondary N) is 1. The Morgan fingerprint density at radius 1 is 1.50 bits per heavy atom. The lowest BCUT2D eigenvalue weighted by atomic mass is 10.0. The van der Waals surface area contributed by atoms with Crippen LogP contribution in [0.1, 0.15) is 39.5 Å². The molecule has 2 unspecified atom stereocenters. The van der Waals surface area contributed by atoms with Crippen molar-refractivity contribution < 1.29 is 4.74 Å². The molecule has 0 saturated carbocycles. The molecule has 1 heterocycles. The van der Waals surface area contributed by atoms with Crippen molar-refractivity contribution in [2.75, 3.05) is 33.3 Å². The molecule has 96 valence electrons. The van der Waals surface area contributed by atoms with Crippen molar-refractivity contribution in [3.63, 3.8) is 0 Å². The second-order valence-corrected chi connectivity index (χ2v) is 4.84. The van der Waals surface area contributed by atoms with Crippen LogP contribution in [0.25, 0.3) is 0 Å². The van der Waals surface area contributed by atoms with Crippen LogP contribution in [0.2, 0.25) is 0 Å². The van der Waals surface area contributed by atoms with Crippen LogP contribution in [0.5, 0.6) is 0 Å². The molecule has 2 atom stereocenters. The van der Waals surface area contributed by atoms with Crippen LogP contribution in [-0.4, -0.2) is 50.3 Å². The van der Waals surface area contributed by atoms with Gasteiger partial charge in [-0.3, -0.25) is 4.90 Å². The first kappa shape index (κ1) is 13.9. The topological polar surface area (TPSA) is 24.5 Å². The number of methoxy groups -OCH3 is 1. The third-order valence-electron chi connectivity index (χ3n) is 3.59. The monoisotopic (exact) mass is 228 g/mol. The van der Waals surface area contributed by atoms with E-state index in [9.17, 15) is 0 Å². The summed E-state index contributed by atoms with van der Waals surface area (Å²) in [6.45, 7) is 9.13. The minimum absolute atomic E-state index is 0.463. The minimum Gasteiger partial charge on any atom is -0.380 e. The Kier molecular flexibility index (Phi) is 7.01. The molecule has 1 saturated heterocycles. The molecule has 1 aliphatic heterocycles. The third kappa shape index (κ3) is 4.81. The summed E-state index contributed by atoms with van der Waals surface area (Å²) in [6.07, 6.45) is 5.56. The molecule has 0 aromatic heterocycles. The normalized spacial score (nSPS) is 24.6. The van der Waals surface area contributed by atoms with E-state index in [1.165, 1.54) is 32.2 Å². The fourth-order valence-corrected chi connectivity index (χ4v) is 2.44. The van der Waals surface area contributed by atoms with E-state index in [-0.39, 0.29) is 0 Å². The molecule has 0 aromatic rings. The van der Waals surface area contributed by atoms with E-state index >= 15 is 0 Å². The average molecular weight is 228 g/mol. The molecule has 1 fully saturated rings. The first-order valence-electron chi connectivity index (χ1n) is 6.75. The summed E-state index contributed by atoms with van der Waals surface area (Å²) >= 11 is 0. The van der Waals surface area contributed by atoms with E-state index in [0.717, 1.165) is 19.6 Å². The molecule has 0 aromatic carbocycles. The standard InChI is InChI=1S/C13H28N2O/c1-4-14-9-5-7-12(2)15-10-6-8-13(11-15)16-3/h12-14H,4-11H2,1-3H3. The van der Waals surface area contributed by atoms with Crippen LogP contribution in [0, 0.1) is 0 Å². The molecule has 0 radical (unpaired) electrons. The highest BCUT2D eigenvalue weighted by Gasteiger charge is 2.22. The van der Waals surface area contributed by atoms with E-state index in [4.69, 9.17) is 4.74 Å². The first-order valence-corrected chi connectivity index (χ1v) is 6.75. The minimum atomic E-state index is 0.463. The molecular formula is C13H28N2O. The van der Waals surface area contributed by atoms with Gasteiger partial charge in [0, 0.05) is 19.7 Å².